The molecule has 0 fully saturated rings. The lowest BCUT2D eigenvalue weighted by molar-refractivity contribution is -0.167. The van der Waals surface area contributed by atoms with Crippen LogP contribution in [-0.4, -0.2) is 37.2 Å². The van der Waals surface area contributed by atoms with E-state index in [-0.39, 0.29) is 37.5 Å². The van der Waals surface area contributed by atoms with Gasteiger partial charge in [-0.1, -0.05) is 182 Å². The zero-order valence-corrected chi connectivity index (χ0v) is 35.6. The number of esters is 3. The Kier molecular flexibility index (Phi) is 40.7. The molecule has 314 valence electrons. The number of hydrogen-bond donors (Lipinski definition) is 0. The van der Waals surface area contributed by atoms with Gasteiger partial charge in [0.05, 0.1) is 0 Å². The van der Waals surface area contributed by atoms with Crippen molar-refractivity contribution in [2.24, 2.45) is 0 Å². The van der Waals surface area contributed by atoms with E-state index in [0.29, 0.717) is 12.8 Å². The highest BCUT2D eigenvalue weighted by Gasteiger charge is 2.19. The molecule has 0 aliphatic heterocycles. The minimum absolute atomic E-state index is 0.113. The van der Waals surface area contributed by atoms with Crippen molar-refractivity contribution in [3.8, 4) is 0 Å². The second kappa shape index (κ2) is 43.8. The SMILES string of the molecule is CC\C=C/C=C\C=C/C=C\C=C\C=C/CCCCCC(=O)OCC(COC(=O)CCCCCC/C=C\CCCC)OC(=O)CCCCC/C=C\C=C/CCCC. The van der Waals surface area contributed by atoms with Gasteiger partial charge in [-0.25, -0.2) is 0 Å². The molecule has 0 aromatic rings. The molecule has 0 rings (SSSR count). The van der Waals surface area contributed by atoms with E-state index in [1.165, 1.54) is 25.7 Å². The lowest BCUT2D eigenvalue weighted by atomic mass is 10.1. The van der Waals surface area contributed by atoms with Crippen molar-refractivity contribution >= 4 is 17.9 Å². The highest BCUT2D eigenvalue weighted by Crippen LogP contribution is 2.11. The first kappa shape index (κ1) is 52.1. The molecule has 0 radical (unpaired) electrons. The first-order chi connectivity index (χ1) is 27.5. The summed E-state index contributed by atoms with van der Waals surface area (Å²) in [6, 6.07) is 0. The van der Waals surface area contributed by atoms with Crippen LogP contribution in [0.15, 0.2) is 109 Å². The van der Waals surface area contributed by atoms with Gasteiger partial charge in [-0.2, -0.15) is 0 Å². The third-order valence-electron chi connectivity index (χ3n) is 8.67. The minimum Gasteiger partial charge on any atom is -0.462 e. The summed E-state index contributed by atoms with van der Waals surface area (Å²) >= 11 is 0. The second-order valence-corrected chi connectivity index (χ2v) is 14.0. The first-order valence-electron chi connectivity index (χ1n) is 22.0. The molecule has 0 spiro atoms. The van der Waals surface area contributed by atoms with E-state index in [0.717, 1.165) is 103 Å². The average Bonchev–Trinajstić information content (AvgIpc) is 3.19. The molecule has 56 heavy (non-hydrogen) atoms. The van der Waals surface area contributed by atoms with E-state index >= 15 is 0 Å². The normalized spacial score (nSPS) is 13.1. The summed E-state index contributed by atoms with van der Waals surface area (Å²) in [6.07, 6.45) is 57.8. The van der Waals surface area contributed by atoms with E-state index in [4.69, 9.17) is 14.2 Å². The molecule has 0 aliphatic carbocycles. The van der Waals surface area contributed by atoms with E-state index in [2.05, 4.69) is 69.4 Å². The van der Waals surface area contributed by atoms with Crippen molar-refractivity contribution in [2.45, 2.75) is 175 Å². The number of ether oxygens (including phenoxy) is 3. The van der Waals surface area contributed by atoms with Crippen LogP contribution in [0.5, 0.6) is 0 Å². The van der Waals surface area contributed by atoms with Gasteiger partial charge in [-0.3, -0.25) is 14.4 Å². The van der Waals surface area contributed by atoms with Crippen LogP contribution in [0.25, 0.3) is 0 Å². The number of carbonyl (C=O) groups excluding carboxylic acids is 3. The number of carbonyl (C=O) groups is 3. The summed E-state index contributed by atoms with van der Waals surface area (Å²) in [5.41, 5.74) is 0. The molecule has 1 atom stereocenters. The molecule has 0 aliphatic rings. The summed E-state index contributed by atoms with van der Waals surface area (Å²) in [5.74, 6) is -1.01. The van der Waals surface area contributed by atoms with Crippen molar-refractivity contribution in [3.63, 3.8) is 0 Å². The minimum atomic E-state index is -0.814. The number of unbranched alkanes of at least 4 members (excludes halogenated alkanes) is 14. The Bertz CT molecular complexity index is 1210. The maximum absolute atomic E-state index is 12.7. The Hall–Kier alpha value is -3.93. The summed E-state index contributed by atoms with van der Waals surface area (Å²) in [4.78, 5) is 37.6. The Morgan fingerprint density at radius 3 is 1.18 bits per heavy atom. The van der Waals surface area contributed by atoms with Gasteiger partial charge in [-0.05, 0) is 77.0 Å². The lowest BCUT2D eigenvalue weighted by Crippen LogP contribution is -2.30. The predicted molar refractivity (Wildman–Crippen MR) is 237 cm³/mol. The molecule has 0 heterocycles. The third-order valence-corrected chi connectivity index (χ3v) is 8.67. The van der Waals surface area contributed by atoms with Crippen LogP contribution in [0.1, 0.15) is 168 Å². The number of rotatable bonds is 37. The molecule has 0 aromatic heterocycles. The number of hydrogen-bond acceptors (Lipinski definition) is 6. The smallest absolute Gasteiger partial charge is 0.306 e. The molecule has 0 saturated carbocycles. The van der Waals surface area contributed by atoms with Crippen LogP contribution in [0.3, 0.4) is 0 Å². The Balaban J connectivity index is 4.54. The van der Waals surface area contributed by atoms with Gasteiger partial charge >= 0.3 is 17.9 Å². The van der Waals surface area contributed by atoms with Gasteiger partial charge in [0.2, 0.25) is 0 Å². The standard InChI is InChI=1S/C50H78O6/c1-4-7-10-13-16-19-22-23-24-25-26-27-29-31-34-37-40-43-49(52)55-46-47(45-54-48(51)42-39-36-33-30-21-18-15-12-9-6-3)56-50(53)44-41-38-35-32-28-20-17-14-11-8-5-2/h7,10,13-20,22-29,47H,4-6,8-9,11-12,21,30-46H2,1-3H3/b10-7-,16-13-,17-14-,18-15-,22-19-,24-23-,26-25+,28-20-,29-27-. The van der Waals surface area contributed by atoms with Crippen molar-refractivity contribution < 1.29 is 28.6 Å². The summed E-state index contributed by atoms with van der Waals surface area (Å²) in [5, 5.41) is 0. The van der Waals surface area contributed by atoms with Crippen LogP contribution in [0.4, 0.5) is 0 Å². The fourth-order valence-corrected chi connectivity index (χ4v) is 5.31. The van der Waals surface area contributed by atoms with E-state index in [9.17, 15) is 14.4 Å². The highest BCUT2D eigenvalue weighted by atomic mass is 16.6. The Morgan fingerprint density at radius 2 is 0.714 bits per heavy atom. The number of allylic oxidation sites excluding steroid dienone is 18. The topological polar surface area (TPSA) is 78.9 Å². The Labute approximate surface area is 342 Å². The second-order valence-electron chi connectivity index (χ2n) is 14.0. The third kappa shape index (κ3) is 41.2. The van der Waals surface area contributed by atoms with Crippen LogP contribution >= 0.6 is 0 Å². The van der Waals surface area contributed by atoms with Gasteiger partial charge in [0, 0.05) is 19.3 Å². The maximum atomic E-state index is 12.7. The van der Waals surface area contributed by atoms with Gasteiger partial charge in [0.25, 0.3) is 0 Å². The molecule has 1 unspecified atom stereocenters. The van der Waals surface area contributed by atoms with Gasteiger partial charge < -0.3 is 14.2 Å². The zero-order chi connectivity index (χ0) is 40.8. The summed E-state index contributed by atoms with van der Waals surface area (Å²) in [6.45, 7) is 6.28. The van der Waals surface area contributed by atoms with Crippen LogP contribution in [-0.2, 0) is 28.6 Å². The van der Waals surface area contributed by atoms with E-state index in [1.807, 2.05) is 60.8 Å². The molecule has 0 amide bonds. The predicted octanol–water partition coefficient (Wildman–Crippen LogP) is 14.0. The fraction of sp³-hybridized carbons (Fsp3) is 0.580. The van der Waals surface area contributed by atoms with Gasteiger partial charge in [0.1, 0.15) is 13.2 Å². The zero-order valence-electron chi connectivity index (χ0n) is 35.6. The van der Waals surface area contributed by atoms with Crippen molar-refractivity contribution in [1.82, 2.24) is 0 Å². The van der Waals surface area contributed by atoms with Crippen molar-refractivity contribution in [3.05, 3.63) is 109 Å². The fourth-order valence-electron chi connectivity index (χ4n) is 5.31. The quantitative estimate of drug-likeness (QED) is 0.0206. The molecule has 0 N–H and O–H groups in total. The summed E-state index contributed by atoms with van der Waals surface area (Å²) < 4.78 is 16.6. The molecule has 6 nitrogen and oxygen atoms in total. The first-order valence-corrected chi connectivity index (χ1v) is 22.0. The Morgan fingerprint density at radius 1 is 0.375 bits per heavy atom. The molecule has 0 saturated heterocycles. The van der Waals surface area contributed by atoms with Crippen LogP contribution < -0.4 is 0 Å². The van der Waals surface area contributed by atoms with E-state index < -0.39 is 6.10 Å². The highest BCUT2D eigenvalue weighted by molar-refractivity contribution is 5.71. The van der Waals surface area contributed by atoms with Crippen molar-refractivity contribution in [2.75, 3.05) is 13.2 Å². The van der Waals surface area contributed by atoms with E-state index in [1.54, 1.807) is 0 Å². The molecular formula is C50H78O6. The largest absolute Gasteiger partial charge is 0.462 e. The molecule has 0 aromatic carbocycles. The molecule has 0 bridgehead atoms. The molecular weight excluding hydrogens is 697 g/mol. The maximum Gasteiger partial charge on any atom is 0.306 e. The van der Waals surface area contributed by atoms with Crippen LogP contribution in [0, 0.1) is 0 Å². The molecule has 6 heteroatoms. The monoisotopic (exact) mass is 775 g/mol. The lowest BCUT2D eigenvalue weighted by Gasteiger charge is -2.18. The van der Waals surface area contributed by atoms with Crippen LogP contribution in [0.2, 0.25) is 0 Å². The van der Waals surface area contributed by atoms with Gasteiger partial charge in [0.15, 0.2) is 6.10 Å². The van der Waals surface area contributed by atoms with Gasteiger partial charge in [-0.15, -0.1) is 0 Å². The average molecular weight is 775 g/mol. The summed E-state index contributed by atoms with van der Waals surface area (Å²) in [7, 11) is 0. The van der Waals surface area contributed by atoms with Crippen molar-refractivity contribution in [1.29, 1.82) is 0 Å².